The minimum atomic E-state index is -3.49. The monoisotopic (exact) mass is 372 g/mol. The molecule has 26 heavy (non-hydrogen) atoms. The van der Waals surface area contributed by atoms with Crippen molar-refractivity contribution in [2.24, 2.45) is 0 Å². The van der Waals surface area contributed by atoms with Gasteiger partial charge in [-0.15, -0.1) is 0 Å². The van der Waals surface area contributed by atoms with Crippen molar-refractivity contribution in [3.63, 3.8) is 0 Å². The van der Waals surface area contributed by atoms with Crippen molar-refractivity contribution < 1.29 is 13.2 Å². The summed E-state index contributed by atoms with van der Waals surface area (Å²) in [4.78, 5) is 12.9. The van der Waals surface area contributed by atoms with Crippen LogP contribution in [0.4, 0.5) is 5.69 Å². The van der Waals surface area contributed by atoms with Gasteiger partial charge in [0, 0.05) is 18.8 Å². The largest absolute Gasteiger partial charge is 0.326 e. The third-order valence-corrected chi connectivity index (χ3v) is 6.63. The molecule has 1 atom stereocenters. The van der Waals surface area contributed by atoms with E-state index in [1.165, 1.54) is 4.31 Å². The third kappa shape index (κ3) is 3.97. The Bertz CT molecular complexity index is 860. The van der Waals surface area contributed by atoms with Crippen LogP contribution in [0.15, 0.2) is 59.5 Å². The van der Waals surface area contributed by atoms with E-state index in [1.807, 2.05) is 37.3 Å². The van der Waals surface area contributed by atoms with Gasteiger partial charge in [0.2, 0.25) is 15.9 Å². The molecule has 1 unspecified atom stereocenters. The van der Waals surface area contributed by atoms with E-state index in [4.69, 9.17) is 0 Å². The lowest BCUT2D eigenvalue weighted by Gasteiger charge is -2.18. The first-order chi connectivity index (χ1) is 12.5. The van der Waals surface area contributed by atoms with E-state index >= 15 is 0 Å². The number of sulfonamides is 1. The van der Waals surface area contributed by atoms with Crippen LogP contribution in [-0.4, -0.2) is 31.7 Å². The predicted molar refractivity (Wildman–Crippen MR) is 103 cm³/mol. The molecular weight excluding hydrogens is 348 g/mol. The summed E-state index contributed by atoms with van der Waals surface area (Å²) in [7, 11) is -3.49. The van der Waals surface area contributed by atoms with E-state index in [2.05, 4.69) is 5.32 Å². The van der Waals surface area contributed by atoms with Crippen molar-refractivity contribution >= 4 is 21.6 Å². The molecule has 0 radical (unpaired) electrons. The molecule has 1 aliphatic heterocycles. The van der Waals surface area contributed by atoms with Crippen LogP contribution >= 0.6 is 0 Å². The molecule has 0 saturated carbocycles. The number of nitrogens with one attached hydrogen (secondary N) is 1. The van der Waals surface area contributed by atoms with Gasteiger partial charge in [-0.25, -0.2) is 8.42 Å². The molecular formula is C20H24N2O3S. The van der Waals surface area contributed by atoms with Gasteiger partial charge in [-0.1, -0.05) is 43.3 Å². The Kier molecular flexibility index (Phi) is 5.74. The van der Waals surface area contributed by atoms with Crippen LogP contribution in [-0.2, 0) is 14.8 Å². The Morgan fingerprint density at radius 3 is 2.42 bits per heavy atom. The summed E-state index contributed by atoms with van der Waals surface area (Å²) >= 11 is 0. The SMILES string of the molecule is CCC(C(=O)Nc1cccc(S(=O)(=O)N2CCCC2)c1)c1ccccc1. The highest BCUT2D eigenvalue weighted by Crippen LogP contribution is 2.25. The van der Waals surface area contributed by atoms with E-state index in [-0.39, 0.29) is 16.7 Å². The Balaban J connectivity index is 1.79. The van der Waals surface area contributed by atoms with Gasteiger partial charge < -0.3 is 5.32 Å². The Morgan fingerprint density at radius 2 is 1.77 bits per heavy atom. The quantitative estimate of drug-likeness (QED) is 0.842. The van der Waals surface area contributed by atoms with Crippen LogP contribution in [0.2, 0.25) is 0 Å². The van der Waals surface area contributed by atoms with Gasteiger partial charge in [-0.05, 0) is 43.0 Å². The number of amides is 1. The fraction of sp³-hybridized carbons (Fsp3) is 0.350. The lowest BCUT2D eigenvalue weighted by molar-refractivity contribution is -0.117. The first-order valence-corrected chi connectivity index (χ1v) is 10.4. The van der Waals surface area contributed by atoms with Crippen LogP contribution < -0.4 is 5.32 Å². The first kappa shape index (κ1) is 18.6. The maximum atomic E-state index is 12.7. The highest BCUT2D eigenvalue weighted by Gasteiger charge is 2.27. The Morgan fingerprint density at radius 1 is 1.08 bits per heavy atom. The van der Waals surface area contributed by atoms with Gasteiger partial charge in [-0.2, -0.15) is 4.31 Å². The average Bonchev–Trinajstić information content (AvgIpc) is 3.19. The summed E-state index contributed by atoms with van der Waals surface area (Å²) in [6, 6.07) is 16.1. The standard InChI is InChI=1S/C20H24N2O3S/c1-2-19(16-9-4-3-5-10-16)20(23)21-17-11-8-12-18(15-17)26(24,25)22-13-6-7-14-22/h3-5,8-12,15,19H,2,6-7,13-14H2,1H3,(H,21,23). The average molecular weight is 372 g/mol. The Labute approximate surface area is 155 Å². The molecule has 1 N–H and O–H groups in total. The van der Waals surface area contributed by atoms with E-state index in [0.717, 1.165) is 18.4 Å². The van der Waals surface area contributed by atoms with Crippen molar-refractivity contribution in [1.82, 2.24) is 4.31 Å². The number of anilines is 1. The number of hydrogen-bond donors (Lipinski definition) is 1. The summed E-state index contributed by atoms with van der Waals surface area (Å²) in [5.74, 6) is -0.399. The summed E-state index contributed by atoms with van der Waals surface area (Å²) in [5.41, 5.74) is 1.46. The number of carbonyl (C=O) groups is 1. The second-order valence-electron chi connectivity index (χ2n) is 6.50. The third-order valence-electron chi connectivity index (χ3n) is 4.73. The van der Waals surface area contributed by atoms with E-state index < -0.39 is 10.0 Å². The summed E-state index contributed by atoms with van der Waals surface area (Å²) in [6.07, 6.45) is 2.46. The van der Waals surface area contributed by atoms with E-state index in [1.54, 1.807) is 24.3 Å². The minimum Gasteiger partial charge on any atom is -0.326 e. The molecule has 1 aliphatic rings. The van der Waals surface area contributed by atoms with Crippen molar-refractivity contribution in [1.29, 1.82) is 0 Å². The van der Waals surface area contributed by atoms with Gasteiger partial charge in [0.05, 0.1) is 10.8 Å². The number of hydrogen-bond acceptors (Lipinski definition) is 3. The van der Waals surface area contributed by atoms with Crippen molar-refractivity contribution in [2.75, 3.05) is 18.4 Å². The zero-order valence-corrected chi connectivity index (χ0v) is 15.7. The maximum absolute atomic E-state index is 12.7. The second kappa shape index (κ2) is 8.01. The molecule has 1 heterocycles. The summed E-state index contributed by atoms with van der Waals surface area (Å²) in [6.45, 7) is 3.08. The summed E-state index contributed by atoms with van der Waals surface area (Å²) in [5, 5.41) is 2.87. The van der Waals surface area contributed by atoms with Crippen molar-refractivity contribution in [2.45, 2.75) is 37.0 Å². The molecule has 0 spiro atoms. The second-order valence-corrected chi connectivity index (χ2v) is 8.44. The van der Waals surface area contributed by atoms with Crippen LogP contribution in [0.1, 0.15) is 37.7 Å². The molecule has 0 aromatic heterocycles. The predicted octanol–water partition coefficient (Wildman–Crippen LogP) is 3.60. The molecule has 138 valence electrons. The molecule has 2 aromatic rings. The zero-order valence-electron chi connectivity index (χ0n) is 14.9. The van der Waals surface area contributed by atoms with Crippen LogP contribution in [0.25, 0.3) is 0 Å². The molecule has 1 saturated heterocycles. The molecule has 2 aromatic carbocycles. The molecule has 5 nitrogen and oxygen atoms in total. The van der Waals surface area contributed by atoms with Crippen LogP contribution in [0.3, 0.4) is 0 Å². The fourth-order valence-corrected chi connectivity index (χ4v) is 4.86. The highest BCUT2D eigenvalue weighted by molar-refractivity contribution is 7.89. The van der Waals surface area contributed by atoms with E-state index in [9.17, 15) is 13.2 Å². The fourth-order valence-electron chi connectivity index (χ4n) is 3.30. The summed E-state index contributed by atoms with van der Waals surface area (Å²) < 4.78 is 26.9. The Hall–Kier alpha value is -2.18. The minimum absolute atomic E-state index is 0.130. The zero-order chi connectivity index (χ0) is 18.6. The lowest BCUT2D eigenvalue weighted by atomic mass is 9.95. The van der Waals surface area contributed by atoms with Crippen molar-refractivity contribution in [3.05, 3.63) is 60.2 Å². The number of benzene rings is 2. The number of nitrogens with zero attached hydrogens (tertiary/aromatic N) is 1. The van der Waals surface area contributed by atoms with E-state index in [0.29, 0.717) is 25.2 Å². The smallest absolute Gasteiger partial charge is 0.243 e. The van der Waals surface area contributed by atoms with Gasteiger partial charge >= 0.3 is 0 Å². The molecule has 0 aliphatic carbocycles. The highest BCUT2D eigenvalue weighted by atomic mass is 32.2. The maximum Gasteiger partial charge on any atom is 0.243 e. The molecule has 1 fully saturated rings. The van der Waals surface area contributed by atoms with Gasteiger partial charge in [-0.3, -0.25) is 4.79 Å². The van der Waals surface area contributed by atoms with Gasteiger partial charge in [0.1, 0.15) is 0 Å². The van der Waals surface area contributed by atoms with Crippen LogP contribution in [0, 0.1) is 0 Å². The van der Waals surface area contributed by atoms with Crippen LogP contribution in [0.5, 0.6) is 0 Å². The first-order valence-electron chi connectivity index (χ1n) is 8.98. The van der Waals surface area contributed by atoms with Crippen molar-refractivity contribution in [3.8, 4) is 0 Å². The normalized spacial score (nSPS) is 16.3. The molecule has 1 amide bonds. The van der Waals surface area contributed by atoms with Gasteiger partial charge in [0.15, 0.2) is 0 Å². The molecule has 3 rings (SSSR count). The number of rotatable bonds is 6. The lowest BCUT2D eigenvalue weighted by Crippen LogP contribution is -2.28. The number of carbonyl (C=O) groups excluding carboxylic acids is 1. The topological polar surface area (TPSA) is 66.5 Å². The molecule has 6 heteroatoms. The molecule has 0 bridgehead atoms. The van der Waals surface area contributed by atoms with Gasteiger partial charge in [0.25, 0.3) is 0 Å².